The molecular weight excluding hydrogens is 196 g/mol. The molecule has 0 aromatic carbocycles. The molecule has 0 aliphatic heterocycles. The van der Waals surface area contributed by atoms with Gasteiger partial charge in [-0.05, 0) is 12.8 Å². The van der Waals surface area contributed by atoms with E-state index in [1.807, 2.05) is 0 Å². The van der Waals surface area contributed by atoms with Gasteiger partial charge in [0.05, 0.1) is 6.07 Å². The van der Waals surface area contributed by atoms with Crippen LogP contribution in [-0.2, 0) is 4.79 Å². The predicted octanol–water partition coefficient (Wildman–Crippen LogP) is 1.61. The Hall–Kier alpha value is -1.70. The summed E-state index contributed by atoms with van der Waals surface area (Å²) in [5.41, 5.74) is -1.47. The lowest BCUT2D eigenvalue weighted by atomic mass is 9.78. The minimum atomic E-state index is -1.47. The fraction of sp³-hybridized carbons (Fsp3) is 0.600. The molecule has 1 fully saturated rings. The van der Waals surface area contributed by atoms with Crippen LogP contribution in [0.1, 0.15) is 32.1 Å². The van der Waals surface area contributed by atoms with Crippen molar-refractivity contribution in [1.29, 1.82) is 5.26 Å². The summed E-state index contributed by atoms with van der Waals surface area (Å²) in [7, 11) is 0. The first-order chi connectivity index (χ1) is 7.13. The molecule has 80 valence electrons. The molecule has 1 unspecified atom stereocenters. The van der Waals surface area contributed by atoms with Gasteiger partial charge in [0.1, 0.15) is 0 Å². The first-order valence-corrected chi connectivity index (χ1v) is 4.86. The fourth-order valence-electron chi connectivity index (χ4n) is 1.87. The highest BCUT2D eigenvalue weighted by Gasteiger charge is 2.50. The zero-order valence-electron chi connectivity index (χ0n) is 8.31. The first-order valence-electron chi connectivity index (χ1n) is 4.86. The summed E-state index contributed by atoms with van der Waals surface area (Å²) in [6.07, 6.45) is 4.63. The molecule has 0 aromatic rings. The number of Topliss-reactive ketones (excluding diaryl/α,β-unsaturated/α-hetero) is 1. The van der Waals surface area contributed by atoms with E-state index in [1.165, 1.54) is 12.2 Å². The van der Waals surface area contributed by atoms with Gasteiger partial charge < -0.3 is 0 Å². The molecular formula is C10H12N2O3. The van der Waals surface area contributed by atoms with E-state index in [1.54, 1.807) is 6.07 Å². The second-order valence-electron chi connectivity index (χ2n) is 3.65. The Morgan fingerprint density at radius 3 is 2.87 bits per heavy atom. The molecule has 0 spiro atoms. The third kappa shape index (κ3) is 2.21. The van der Waals surface area contributed by atoms with Crippen LogP contribution in [0.3, 0.4) is 0 Å². The quantitative estimate of drug-likeness (QED) is 0.400. The molecule has 1 rings (SSSR count). The van der Waals surface area contributed by atoms with Crippen LogP contribution in [0.4, 0.5) is 0 Å². The van der Waals surface area contributed by atoms with Gasteiger partial charge in [0, 0.05) is 30.3 Å². The molecule has 1 aliphatic rings. The largest absolute Gasteiger partial charge is 0.292 e. The van der Waals surface area contributed by atoms with Crippen molar-refractivity contribution < 1.29 is 9.72 Å². The highest BCUT2D eigenvalue weighted by molar-refractivity contribution is 5.87. The summed E-state index contributed by atoms with van der Waals surface area (Å²) in [4.78, 5) is 22.1. The number of hydrogen-bond acceptors (Lipinski definition) is 4. The van der Waals surface area contributed by atoms with Gasteiger partial charge in [-0.1, -0.05) is 6.08 Å². The van der Waals surface area contributed by atoms with Crippen LogP contribution in [0.5, 0.6) is 0 Å². The second-order valence-corrected chi connectivity index (χ2v) is 3.65. The summed E-state index contributed by atoms with van der Waals surface area (Å²) in [6, 6.07) is 1.76. The molecule has 1 atom stereocenters. The average Bonchev–Trinajstić information content (AvgIpc) is 2.21. The summed E-state index contributed by atoms with van der Waals surface area (Å²) < 4.78 is 0. The topological polar surface area (TPSA) is 84.0 Å². The molecule has 0 radical (unpaired) electrons. The van der Waals surface area contributed by atoms with Gasteiger partial charge in [0.25, 0.3) is 5.54 Å². The lowest BCUT2D eigenvalue weighted by molar-refractivity contribution is -0.553. The summed E-state index contributed by atoms with van der Waals surface area (Å²) in [5, 5.41) is 19.2. The first kappa shape index (κ1) is 11.4. The molecule has 5 heteroatoms. The number of nitrogens with zero attached hydrogens (tertiary/aromatic N) is 2. The van der Waals surface area contributed by atoms with E-state index >= 15 is 0 Å². The minimum absolute atomic E-state index is 0.0341. The van der Waals surface area contributed by atoms with Crippen molar-refractivity contribution >= 4 is 5.78 Å². The zero-order valence-corrected chi connectivity index (χ0v) is 8.31. The SMILES string of the molecule is N#C/C=C\CC1([N+](=O)[O-])CCCCC1=O. The van der Waals surface area contributed by atoms with Crippen LogP contribution in [0.25, 0.3) is 0 Å². The Kier molecular flexibility index (Phi) is 3.56. The molecule has 1 aliphatic carbocycles. The Morgan fingerprint density at radius 1 is 1.60 bits per heavy atom. The number of hydrogen-bond donors (Lipinski definition) is 0. The molecule has 1 saturated carbocycles. The van der Waals surface area contributed by atoms with Gasteiger partial charge in [-0.15, -0.1) is 0 Å². The third-order valence-corrected chi connectivity index (χ3v) is 2.76. The van der Waals surface area contributed by atoms with Crippen molar-refractivity contribution in [3.05, 3.63) is 22.3 Å². The summed E-state index contributed by atoms with van der Waals surface area (Å²) >= 11 is 0. The molecule has 0 bridgehead atoms. The highest BCUT2D eigenvalue weighted by atomic mass is 16.6. The normalized spacial score (nSPS) is 26.5. The molecule has 15 heavy (non-hydrogen) atoms. The maximum atomic E-state index is 11.6. The second kappa shape index (κ2) is 4.69. The Labute approximate surface area is 87.5 Å². The van der Waals surface area contributed by atoms with Crippen LogP contribution >= 0.6 is 0 Å². The van der Waals surface area contributed by atoms with Crippen molar-refractivity contribution in [2.24, 2.45) is 0 Å². The van der Waals surface area contributed by atoms with Gasteiger partial charge in [0.15, 0.2) is 0 Å². The minimum Gasteiger partial charge on any atom is -0.292 e. The van der Waals surface area contributed by atoms with Crippen LogP contribution < -0.4 is 0 Å². The molecule has 0 amide bonds. The maximum absolute atomic E-state index is 11.6. The fourth-order valence-corrected chi connectivity index (χ4v) is 1.87. The molecule has 0 heterocycles. The average molecular weight is 208 g/mol. The van der Waals surface area contributed by atoms with Crippen molar-refractivity contribution in [3.8, 4) is 6.07 Å². The number of rotatable bonds is 3. The van der Waals surface area contributed by atoms with Crippen LogP contribution in [0, 0.1) is 21.4 Å². The smallest absolute Gasteiger partial charge is 0.282 e. The number of nitro groups is 1. The zero-order chi connectivity index (χ0) is 11.3. The maximum Gasteiger partial charge on any atom is 0.282 e. The molecule has 5 nitrogen and oxygen atoms in total. The van der Waals surface area contributed by atoms with E-state index < -0.39 is 10.5 Å². The van der Waals surface area contributed by atoms with Crippen LogP contribution in [0.15, 0.2) is 12.2 Å². The Bertz CT molecular complexity index is 343. The van der Waals surface area contributed by atoms with Crippen molar-refractivity contribution in [2.45, 2.75) is 37.6 Å². The van der Waals surface area contributed by atoms with Crippen molar-refractivity contribution in [2.75, 3.05) is 0 Å². The summed E-state index contributed by atoms with van der Waals surface area (Å²) in [6.45, 7) is 0. The van der Waals surface area contributed by atoms with Gasteiger partial charge >= 0.3 is 0 Å². The van der Waals surface area contributed by atoms with Gasteiger partial charge in [-0.3, -0.25) is 14.9 Å². The van der Waals surface area contributed by atoms with Crippen molar-refractivity contribution in [1.82, 2.24) is 0 Å². The molecule has 0 aromatic heterocycles. The van der Waals surface area contributed by atoms with Crippen molar-refractivity contribution in [3.63, 3.8) is 0 Å². The predicted molar refractivity (Wildman–Crippen MR) is 52.6 cm³/mol. The summed E-state index contributed by atoms with van der Waals surface area (Å²) in [5.74, 6) is -0.304. The van der Waals surface area contributed by atoms with Crippen LogP contribution in [0.2, 0.25) is 0 Å². The lowest BCUT2D eigenvalue weighted by Crippen LogP contribution is -2.48. The number of nitriles is 1. The number of carbonyl (C=O) groups is 1. The van der Waals surface area contributed by atoms with Gasteiger partial charge in [-0.25, -0.2) is 0 Å². The van der Waals surface area contributed by atoms with Crippen LogP contribution in [-0.4, -0.2) is 16.2 Å². The van der Waals surface area contributed by atoms with E-state index in [-0.39, 0.29) is 25.0 Å². The van der Waals surface area contributed by atoms with E-state index in [4.69, 9.17) is 5.26 Å². The van der Waals surface area contributed by atoms with E-state index in [0.29, 0.717) is 6.42 Å². The lowest BCUT2D eigenvalue weighted by Gasteiger charge is -2.26. The number of ketones is 1. The number of carbonyl (C=O) groups excluding carboxylic acids is 1. The van der Waals surface area contributed by atoms with Gasteiger partial charge in [0.2, 0.25) is 5.78 Å². The molecule has 0 saturated heterocycles. The van der Waals surface area contributed by atoms with E-state index in [2.05, 4.69) is 0 Å². The third-order valence-electron chi connectivity index (χ3n) is 2.76. The number of allylic oxidation sites excluding steroid dienone is 1. The van der Waals surface area contributed by atoms with E-state index in [0.717, 1.165) is 6.42 Å². The standard InChI is InChI=1S/C10H12N2O3/c11-8-4-3-7-10(12(14)15)6-2-1-5-9(10)13/h3-4H,1-2,5-7H2/b4-3-. The monoisotopic (exact) mass is 208 g/mol. The molecule has 0 N–H and O–H groups in total. The Morgan fingerprint density at radius 2 is 2.33 bits per heavy atom. The Balaban J connectivity index is 2.87. The van der Waals surface area contributed by atoms with E-state index in [9.17, 15) is 14.9 Å². The highest BCUT2D eigenvalue weighted by Crippen LogP contribution is 2.31. The van der Waals surface area contributed by atoms with Gasteiger partial charge in [-0.2, -0.15) is 5.26 Å².